The summed E-state index contributed by atoms with van der Waals surface area (Å²) in [5.41, 5.74) is 2.32. The molecule has 3 amide bonds. The monoisotopic (exact) mass is 650 g/mol. The van der Waals surface area contributed by atoms with Gasteiger partial charge >= 0.3 is 18.2 Å². The number of amides is 3. The van der Waals surface area contributed by atoms with Gasteiger partial charge in [0.1, 0.15) is 13.2 Å². The summed E-state index contributed by atoms with van der Waals surface area (Å²) in [6.45, 7) is 1.71. The van der Waals surface area contributed by atoms with Crippen LogP contribution in [-0.4, -0.2) is 62.4 Å². The Bertz CT molecular complexity index is 1610. The van der Waals surface area contributed by atoms with Gasteiger partial charge in [-0.25, -0.2) is 27.1 Å². The number of methoxy groups -OCH3 is 1. The molecule has 242 valence electrons. The standard InChI is InChI=1S/C32H34N4O9S/c1-22-15-17-25(18-16-22)46(41,42)36-27(29(38)43-2)26(28(36)37)14-9-19-33-30(34-31(39)44-20-23-10-5-3-6-11-23)35-32(40)45-21-24-12-7-4-8-13-24/h3-8,10-13,15-18,26-27H,9,14,19-21H2,1-2H3,(H2,33,34,35,39,40)/t26-,27+/m0/s1. The Morgan fingerprint density at radius 3 is 1.85 bits per heavy atom. The lowest BCUT2D eigenvalue weighted by Gasteiger charge is -2.43. The molecule has 14 heteroatoms. The molecule has 13 nitrogen and oxygen atoms in total. The summed E-state index contributed by atoms with van der Waals surface area (Å²) in [7, 11) is -3.18. The molecule has 1 aliphatic rings. The fourth-order valence-corrected chi connectivity index (χ4v) is 6.21. The average Bonchev–Trinajstić information content (AvgIpc) is 3.05. The van der Waals surface area contributed by atoms with Gasteiger partial charge in [-0.15, -0.1) is 0 Å². The fourth-order valence-electron chi connectivity index (χ4n) is 4.59. The van der Waals surface area contributed by atoms with Crippen molar-refractivity contribution in [2.24, 2.45) is 10.9 Å². The normalized spacial score (nSPS) is 15.6. The number of hydrogen-bond donors (Lipinski definition) is 2. The minimum Gasteiger partial charge on any atom is -0.467 e. The molecule has 0 aromatic heterocycles. The molecule has 3 aromatic rings. The number of nitrogens with zero attached hydrogens (tertiary/aromatic N) is 2. The number of aliphatic imine (C=N–C) groups is 1. The SMILES string of the molecule is COC(=O)[C@H]1[C@H](CCCN=C(NC(=O)OCc2ccccc2)NC(=O)OCc2ccccc2)C(=O)N1S(=O)(=O)c1ccc(C)cc1. The van der Waals surface area contributed by atoms with Crippen molar-refractivity contribution in [3.8, 4) is 0 Å². The van der Waals surface area contributed by atoms with Crippen molar-refractivity contribution in [3.63, 3.8) is 0 Å². The molecule has 1 heterocycles. The Morgan fingerprint density at radius 2 is 1.35 bits per heavy atom. The summed E-state index contributed by atoms with van der Waals surface area (Å²) >= 11 is 0. The summed E-state index contributed by atoms with van der Waals surface area (Å²) in [4.78, 5) is 54.7. The first kappa shape index (κ1) is 33.6. The number of carbonyl (C=O) groups excluding carboxylic acids is 4. The third kappa shape index (κ3) is 8.69. The van der Waals surface area contributed by atoms with Crippen LogP contribution in [0.15, 0.2) is 94.8 Å². The predicted octanol–water partition coefficient (Wildman–Crippen LogP) is 3.67. The van der Waals surface area contributed by atoms with E-state index in [4.69, 9.17) is 14.2 Å². The lowest BCUT2D eigenvalue weighted by molar-refractivity contribution is -0.165. The third-order valence-corrected chi connectivity index (χ3v) is 8.79. The number of carbonyl (C=O) groups is 4. The van der Waals surface area contributed by atoms with Crippen molar-refractivity contribution in [3.05, 3.63) is 102 Å². The topological polar surface area (TPSA) is 170 Å². The summed E-state index contributed by atoms with van der Waals surface area (Å²) in [5, 5.41) is 4.75. The highest BCUT2D eigenvalue weighted by Gasteiger charge is 2.57. The molecule has 0 radical (unpaired) electrons. The van der Waals surface area contributed by atoms with Gasteiger partial charge in [-0.1, -0.05) is 78.4 Å². The molecule has 46 heavy (non-hydrogen) atoms. The van der Waals surface area contributed by atoms with E-state index in [1.54, 1.807) is 67.6 Å². The van der Waals surface area contributed by atoms with E-state index < -0.39 is 46.0 Å². The minimum absolute atomic E-state index is 0.0182. The van der Waals surface area contributed by atoms with Crippen LogP contribution in [0.5, 0.6) is 0 Å². The molecule has 2 N–H and O–H groups in total. The van der Waals surface area contributed by atoms with Gasteiger partial charge in [0.2, 0.25) is 11.9 Å². The summed E-state index contributed by atoms with van der Waals surface area (Å²) in [6, 6.07) is 22.5. The molecule has 3 aromatic carbocycles. The summed E-state index contributed by atoms with van der Waals surface area (Å²) in [5.74, 6) is -2.84. The van der Waals surface area contributed by atoms with Gasteiger partial charge in [-0.3, -0.25) is 20.4 Å². The first-order valence-corrected chi connectivity index (χ1v) is 15.8. The number of β-lactam (4-membered cyclic amide) rings is 1. The number of ether oxygens (including phenoxy) is 3. The van der Waals surface area contributed by atoms with E-state index in [9.17, 15) is 27.6 Å². The van der Waals surface area contributed by atoms with Gasteiger partial charge in [0.05, 0.1) is 17.9 Å². The Morgan fingerprint density at radius 1 is 0.826 bits per heavy atom. The predicted molar refractivity (Wildman–Crippen MR) is 166 cm³/mol. The molecule has 0 bridgehead atoms. The van der Waals surface area contributed by atoms with Gasteiger partial charge in [-0.2, -0.15) is 0 Å². The number of guanidine groups is 1. The molecule has 1 aliphatic heterocycles. The Kier molecular flexibility index (Phi) is 11.5. The first-order valence-electron chi connectivity index (χ1n) is 14.3. The highest BCUT2D eigenvalue weighted by molar-refractivity contribution is 7.89. The van der Waals surface area contributed by atoms with Gasteiger partial charge in [0.15, 0.2) is 6.04 Å². The molecular weight excluding hydrogens is 616 g/mol. The molecular formula is C32H34N4O9S. The third-order valence-electron chi connectivity index (χ3n) is 7.00. The fraction of sp³-hybridized carbons (Fsp3) is 0.281. The Balaban J connectivity index is 1.39. The van der Waals surface area contributed by atoms with Crippen molar-refractivity contribution >= 4 is 40.0 Å². The van der Waals surface area contributed by atoms with Crippen LogP contribution in [0.25, 0.3) is 0 Å². The van der Waals surface area contributed by atoms with Crippen LogP contribution in [0.3, 0.4) is 0 Å². The van der Waals surface area contributed by atoms with Gasteiger partial charge in [-0.05, 0) is 43.0 Å². The van der Waals surface area contributed by atoms with Crippen molar-refractivity contribution in [1.29, 1.82) is 0 Å². The zero-order valence-corrected chi connectivity index (χ0v) is 26.1. The highest BCUT2D eigenvalue weighted by Crippen LogP contribution is 2.36. The average molecular weight is 651 g/mol. The van der Waals surface area contributed by atoms with Crippen LogP contribution >= 0.6 is 0 Å². The van der Waals surface area contributed by atoms with Crippen LogP contribution in [0.4, 0.5) is 9.59 Å². The second-order valence-electron chi connectivity index (χ2n) is 10.3. The van der Waals surface area contributed by atoms with E-state index in [2.05, 4.69) is 15.6 Å². The van der Waals surface area contributed by atoms with Crippen molar-refractivity contribution in [1.82, 2.24) is 14.9 Å². The number of sulfonamides is 1. The Hall–Kier alpha value is -5.24. The molecule has 0 spiro atoms. The lowest BCUT2D eigenvalue weighted by atomic mass is 9.86. The van der Waals surface area contributed by atoms with Gasteiger partial charge in [0.25, 0.3) is 10.0 Å². The number of esters is 1. The van der Waals surface area contributed by atoms with Gasteiger partial charge in [0, 0.05) is 6.54 Å². The summed E-state index contributed by atoms with van der Waals surface area (Å²) in [6.07, 6.45) is -1.51. The van der Waals surface area contributed by atoms with Crippen LogP contribution in [0.1, 0.15) is 29.5 Å². The highest BCUT2D eigenvalue weighted by atomic mass is 32.2. The Labute approximate surface area is 266 Å². The number of alkyl carbamates (subject to hydrolysis) is 2. The van der Waals surface area contributed by atoms with Crippen LogP contribution < -0.4 is 10.6 Å². The van der Waals surface area contributed by atoms with Crippen LogP contribution in [0.2, 0.25) is 0 Å². The van der Waals surface area contributed by atoms with Crippen molar-refractivity contribution < 1.29 is 41.8 Å². The zero-order chi connectivity index (χ0) is 33.1. The van der Waals surface area contributed by atoms with E-state index >= 15 is 0 Å². The number of aryl methyl sites for hydroxylation is 1. The quantitative estimate of drug-likeness (QED) is 0.0785. The second-order valence-corrected chi connectivity index (χ2v) is 12.1. The molecule has 0 unspecified atom stereocenters. The molecule has 0 saturated carbocycles. The maximum atomic E-state index is 13.2. The number of rotatable bonds is 11. The van der Waals surface area contributed by atoms with Crippen molar-refractivity contribution in [2.45, 2.75) is 43.9 Å². The number of hydrogen-bond acceptors (Lipinski definition) is 10. The second kappa shape index (κ2) is 15.7. The molecule has 0 aliphatic carbocycles. The minimum atomic E-state index is -4.30. The lowest BCUT2D eigenvalue weighted by Crippen LogP contribution is -2.66. The molecule has 1 saturated heterocycles. The maximum absolute atomic E-state index is 13.2. The van der Waals surface area contributed by atoms with Crippen LogP contribution in [-0.2, 0) is 47.0 Å². The van der Waals surface area contributed by atoms with E-state index in [0.717, 1.165) is 23.8 Å². The maximum Gasteiger partial charge on any atom is 0.414 e. The van der Waals surface area contributed by atoms with E-state index in [0.29, 0.717) is 4.31 Å². The smallest absolute Gasteiger partial charge is 0.414 e. The van der Waals surface area contributed by atoms with E-state index in [1.807, 2.05) is 12.1 Å². The van der Waals surface area contributed by atoms with E-state index in [1.165, 1.54) is 12.1 Å². The first-order chi connectivity index (χ1) is 22.1. The van der Waals surface area contributed by atoms with Crippen LogP contribution in [0, 0.1) is 12.8 Å². The van der Waals surface area contributed by atoms with Gasteiger partial charge < -0.3 is 14.2 Å². The number of nitrogens with one attached hydrogen (secondary N) is 2. The van der Waals surface area contributed by atoms with E-state index in [-0.39, 0.29) is 43.5 Å². The molecule has 2 atom stereocenters. The largest absolute Gasteiger partial charge is 0.467 e. The zero-order valence-electron chi connectivity index (χ0n) is 25.3. The van der Waals surface area contributed by atoms with Crippen molar-refractivity contribution in [2.75, 3.05) is 13.7 Å². The molecule has 1 fully saturated rings. The summed E-state index contributed by atoms with van der Waals surface area (Å²) < 4.78 is 42.2. The molecule has 4 rings (SSSR count). The number of benzene rings is 3.